The van der Waals surface area contributed by atoms with E-state index in [2.05, 4.69) is 44.5 Å². The van der Waals surface area contributed by atoms with Crippen molar-refractivity contribution in [2.75, 3.05) is 37.6 Å². The molecule has 0 saturated carbocycles. The molecule has 2 aliphatic heterocycles. The third kappa shape index (κ3) is 5.37. The van der Waals surface area contributed by atoms with E-state index in [0.29, 0.717) is 23.9 Å². The Morgan fingerprint density at radius 2 is 1.66 bits per heavy atom. The highest BCUT2D eigenvalue weighted by Gasteiger charge is 2.42. The molecular formula is C29H31F2N5O2. The van der Waals surface area contributed by atoms with Crippen molar-refractivity contribution >= 4 is 17.5 Å². The summed E-state index contributed by atoms with van der Waals surface area (Å²) in [5.41, 5.74) is 4.52. The molecule has 0 radical (unpaired) electrons. The van der Waals surface area contributed by atoms with E-state index in [1.54, 1.807) is 0 Å². The molecule has 2 unspecified atom stereocenters. The van der Waals surface area contributed by atoms with Gasteiger partial charge in [0.1, 0.15) is 6.33 Å². The van der Waals surface area contributed by atoms with Gasteiger partial charge in [0.05, 0.1) is 17.0 Å². The minimum atomic E-state index is -1.03. The van der Waals surface area contributed by atoms with E-state index in [9.17, 15) is 18.4 Å². The van der Waals surface area contributed by atoms with E-state index < -0.39 is 17.5 Å². The lowest BCUT2D eigenvalue weighted by Crippen LogP contribution is -2.34. The summed E-state index contributed by atoms with van der Waals surface area (Å²) >= 11 is 0. The molecule has 198 valence electrons. The second-order valence-electron chi connectivity index (χ2n) is 10.2. The van der Waals surface area contributed by atoms with Crippen LogP contribution in [-0.4, -0.2) is 59.4 Å². The summed E-state index contributed by atoms with van der Waals surface area (Å²) in [6.45, 7) is 7.45. The van der Waals surface area contributed by atoms with Gasteiger partial charge >= 0.3 is 0 Å². The van der Waals surface area contributed by atoms with Gasteiger partial charge in [0.25, 0.3) is 11.8 Å². The van der Waals surface area contributed by atoms with Gasteiger partial charge in [-0.05, 0) is 62.6 Å². The van der Waals surface area contributed by atoms with Crippen molar-refractivity contribution in [3.8, 4) is 0 Å². The molecule has 2 saturated heterocycles. The predicted molar refractivity (Wildman–Crippen MR) is 140 cm³/mol. The quantitative estimate of drug-likeness (QED) is 0.479. The highest BCUT2D eigenvalue weighted by molar-refractivity contribution is 5.96. The maximum atomic E-state index is 13.4. The molecule has 2 aliphatic rings. The summed E-state index contributed by atoms with van der Waals surface area (Å²) in [4.78, 5) is 38.1. The second kappa shape index (κ2) is 10.8. The molecule has 3 heterocycles. The summed E-state index contributed by atoms with van der Waals surface area (Å²) in [6.07, 6.45) is 3.01. The Balaban J connectivity index is 1.12. The Hall–Kier alpha value is -3.88. The number of fused-ring (bicyclic) bond motifs is 1. The van der Waals surface area contributed by atoms with E-state index in [1.807, 2.05) is 18.7 Å². The molecule has 1 N–H and O–H groups in total. The average Bonchev–Trinajstić information content (AvgIpc) is 3.48. The van der Waals surface area contributed by atoms with Crippen LogP contribution in [0.2, 0.25) is 0 Å². The molecular weight excluding hydrogens is 488 g/mol. The zero-order valence-electron chi connectivity index (χ0n) is 21.6. The molecule has 2 atom stereocenters. The van der Waals surface area contributed by atoms with Crippen LogP contribution in [0.15, 0.2) is 48.8 Å². The number of rotatable bonds is 7. The monoisotopic (exact) mass is 519 g/mol. The summed E-state index contributed by atoms with van der Waals surface area (Å²) in [5.74, 6) is -1.53. The van der Waals surface area contributed by atoms with Crippen LogP contribution in [0.1, 0.15) is 44.1 Å². The molecule has 1 aromatic heterocycles. The molecule has 3 aromatic rings. The lowest BCUT2D eigenvalue weighted by molar-refractivity contribution is 0.0779. The Morgan fingerprint density at radius 1 is 0.947 bits per heavy atom. The lowest BCUT2D eigenvalue weighted by Gasteiger charge is -2.24. The molecule has 0 spiro atoms. The minimum Gasteiger partial charge on any atom is -0.371 e. The highest BCUT2D eigenvalue weighted by atomic mass is 19.2. The van der Waals surface area contributed by atoms with Gasteiger partial charge in [0.15, 0.2) is 11.6 Å². The zero-order chi connectivity index (χ0) is 26.8. The molecule has 0 aliphatic carbocycles. The Labute approximate surface area is 220 Å². The number of anilines is 1. The molecule has 2 fully saturated rings. The number of carbonyl (C=O) groups excluding carboxylic acids is 2. The van der Waals surface area contributed by atoms with Gasteiger partial charge in [-0.1, -0.05) is 12.1 Å². The van der Waals surface area contributed by atoms with Crippen LogP contribution < -0.4 is 10.2 Å². The van der Waals surface area contributed by atoms with Crippen molar-refractivity contribution in [2.24, 2.45) is 11.8 Å². The number of hydrogen-bond acceptors (Lipinski definition) is 5. The van der Waals surface area contributed by atoms with Gasteiger partial charge in [0, 0.05) is 55.8 Å². The Bertz CT molecular complexity index is 1330. The number of amides is 2. The van der Waals surface area contributed by atoms with E-state index in [-0.39, 0.29) is 11.5 Å². The molecule has 2 aromatic carbocycles. The van der Waals surface area contributed by atoms with Gasteiger partial charge in [-0.15, -0.1) is 0 Å². The summed E-state index contributed by atoms with van der Waals surface area (Å²) < 4.78 is 26.4. The molecule has 0 bridgehead atoms. The zero-order valence-corrected chi connectivity index (χ0v) is 21.6. The third-order valence-corrected chi connectivity index (χ3v) is 7.60. The van der Waals surface area contributed by atoms with Crippen molar-refractivity contribution in [3.05, 3.63) is 88.5 Å². The van der Waals surface area contributed by atoms with Gasteiger partial charge in [-0.25, -0.2) is 18.7 Å². The molecule has 9 heteroatoms. The predicted octanol–water partition coefficient (Wildman–Crippen LogP) is 3.94. The van der Waals surface area contributed by atoms with Crippen LogP contribution in [0.25, 0.3) is 0 Å². The van der Waals surface area contributed by atoms with Gasteiger partial charge in [-0.3, -0.25) is 9.59 Å². The fourth-order valence-electron chi connectivity index (χ4n) is 5.57. The van der Waals surface area contributed by atoms with Crippen LogP contribution in [0.3, 0.4) is 0 Å². The first-order valence-corrected chi connectivity index (χ1v) is 12.9. The van der Waals surface area contributed by atoms with E-state index in [1.165, 1.54) is 23.6 Å². The highest BCUT2D eigenvalue weighted by Crippen LogP contribution is 2.35. The van der Waals surface area contributed by atoms with Gasteiger partial charge in [0.2, 0.25) is 0 Å². The Morgan fingerprint density at radius 3 is 2.34 bits per heavy atom. The topological polar surface area (TPSA) is 78.4 Å². The number of aromatic nitrogens is 2. The normalized spacial score (nSPS) is 18.5. The lowest BCUT2D eigenvalue weighted by atomic mass is 10.0. The average molecular weight is 520 g/mol. The number of carbonyl (C=O) groups is 2. The summed E-state index contributed by atoms with van der Waals surface area (Å²) in [6, 6.07) is 11.6. The maximum Gasteiger partial charge on any atom is 0.257 e. The largest absolute Gasteiger partial charge is 0.371 e. The summed E-state index contributed by atoms with van der Waals surface area (Å²) in [5, 5.41) is 2.77. The number of aryl methyl sites for hydroxylation is 3. The first kappa shape index (κ1) is 25.8. The smallest absolute Gasteiger partial charge is 0.257 e. The van der Waals surface area contributed by atoms with Crippen molar-refractivity contribution in [1.82, 2.24) is 20.2 Å². The first-order chi connectivity index (χ1) is 18.3. The molecule has 38 heavy (non-hydrogen) atoms. The van der Waals surface area contributed by atoms with Crippen LogP contribution in [0.4, 0.5) is 14.5 Å². The SMILES string of the molecule is Cc1ncnc(C)c1C(=O)N1CC2CN(c3cccc(CCCNC(=O)c4ccc(F)c(F)c4)c3)CC2C1. The van der Waals surface area contributed by atoms with Crippen LogP contribution in [0.5, 0.6) is 0 Å². The molecule has 7 nitrogen and oxygen atoms in total. The number of halogens is 2. The number of hydrogen-bond donors (Lipinski definition) is 1. The van der Waals surface area contributed by atoms with Crippen molar-refractivity contribution < 1.29 is 18.4 Å². The minimum absolute atomic E-state index is 0.0280. The number of benzene rings is 2. The van der Waals surface area contributed by atoms with Crippen molar-refractivity contribution in [3.63, 3.8) is 0 Å². The van der Waals surface area contributed by atoms with Crippen LogP contribution >= 0.6 is 0 Å². The number of nitrogens with zero attached hydrogens (tertiary/aromatic N) is 4. The van der Waals surface area contributed by atoms with E-state index in [0.717, 1.165) is 62.5 Å². The van der Waals surface area contributed by atoms with Crippen molar-refractivity contribution in [2.45, 2.75) is 26.7 Å². The van der Waals surface area contributed by atoms with Crippen LogP contribution in [0, 0.1) is 37.3 Å². The van der Waals surface area contributed by atoms with E-state index in [4.69, 9.17) is 0 Å². The molecule has 2 amide bonds. The fourth-order valence-corrected chi connectivity index (χ4v) is 5.57. The van der Waals surface area contributed by atoms with E-state index >= 15 is 0 Å². The standard InChI is InChI=1S/C29H31F2N5O2/c1-18-27(19(2)34-17-33-18)29(38)36-15-22-13-35(14-23(22)16-36)24-7-3-5-20(11-24)6-4-10-32-28(37)21-8-9-25(30)26(31)12-21/h3,5,7-9,11-12,17,22-23H,4,6,10,13-16H2,1-2H3,(H,32,37). The number of likely N-dealkylation sites (tertiary alicyclic amines) is 1. The van der Waals surface area contributed by atoms with Gasteiger partial charge in [-0.2, -0.15) is 0 Å². The summed E-state index contributed by atoms with van der Waals surface area (Å²) in [7, 11) is 0. The maximum absolute atomic E-state index is 13.4. The van der Waals surface area contributed by atoms with Crippen LogP contribution in [-0.2, 0) is 6.42 Å². The fraction of sp³-hybridized carbons (Fsp3) is 0.379. The first-order valence-electron chi connectivity index (χ1n) is 12.9. The van der Waals surface area contributed by atoms with Crippen molar-refractivity contribution in [1.29, 1.82) is 0 Å². The molecule has 5 rings (SSSR count). The Kier molecular flexibility index (Phi) is 7.35. The second-order valence-corrected chi connectivity index (χ2v) is 10.2. The number of nitrogens with one attached hydrogen (secondary N) is 1. The van der Waals surface area contributed by atoms with Gasteiger partial charge < -0.3 is 15.1 Å². The third-order valence-electron chi connectivity index (χ3n) is 7.60.